The predicted molar refractivity (Wildman–Crippen MR) is 81.1 cm³/mol. The number of hydrogen-bond donors (Lipinski definition) is 1. The van der Waals surface area contributed by atoms with Gasteiger partial charge in [0.15, 0.2) is 0 Å². The Balaban J connectivity index is 2.11. The van der Waals surface area contributed by atoms with E-state index in [1.165, 1.54) is 0 Å². The summed E-state index contributed by atoms with van der Waals surface area (Å²) in [5, 5.41) is 9.11. The molecule has 1 N–H and O–H groups in total. The van der Waals surface area contributed by atoms with E-state index in [9.17, 15) is 0 Å². The zero-order chi connectivity index (χ0) is 13.8. The molecule has 0 fully saturated rings. The molecule has 1 heterocycles. The van der Waals surface area contributed by atoms with Crippen molar-refractivity contribution in [2.45, 2.75) is 33.4 Å². The maximum absolute atomic E-state index is 6.13. The summed E-state index contributed by atoms with van der Waals surface area (Å²) >= 11 is 12.0. The van der Waals surface area contributed by atoms with E-state index in [0.29, 0.717) is 16.6 Å². The second-order valence-electron chi connectivity index (χ2n) is 4.27. The van der Waals surface area contributed by atoms with Gasteiger partial charge in [-0.2, -0.15) is 5.10 Å². The third kappa shape index (κ3) is 3.43. The lowest BCUT2D eigenvalue weighted by atomic mass is 10.3. The predicted octanol–water partition coefficient (Wildman–Crippen LogP) is 4.38. The Morgan fingerprint density at radius 1 is 1.21 bits per heavy atom. The molecule has 5 heteroatoms. The Morgan fingerprint density at radius 2 is 2.00 bits per heavy atom. The van der Waals surface area contributed by atoms with Crippen molar-refractivity contribution in [1.82, 2.24) is 9.78 Å². The number of nitrogens with one attached hydrogen (secondary N) is 1. The average Bonchev–Trinajstić information content (AvgIpc) is 2.80. The van der Waals surface area contributed by atoms with Gasteiger partial charge in [0.25, 0.3) is 0 Å². The van der Waals surface area contributed by atoms with Gasteiger partial charge in [-0.15, -0.1) is 0 Å². The monoisotopic (exact) mass is 297 g/mol. The minimum atomic E-state index is 0.630. The highest BCUT2D eigenvalue weighted by atomic mass is 35.5. The van der Waals surface area contributed by atoms with Crippen LogP contribution in [0.1, 0.15) is 25.2 Å². The van der Waals surface area contributed by atoms with E-state index in [1.807, 2.05) is 16.8 Å². The molecule has 3 nitrogen and oxygen atoms in total. The van der Waals surface area contributed by atoms with Crippen LogP contribution in [0, 0.1) is 0 Å². The maximum atomic E-state index is 6.13. The van der Waals surface area contributed by atoms with Gasteiger partial charge in [-0.1, -0.05) is 30.1 Å². The number of aromatic nitrogens is 2. The Kier molecular flexibility index (Phi) is 4.72. The smallest absolute Gasteiger partial charge is 0.0652 e. The number of nitrogens with zero attached hydrogens (tertiary/aromatic N) is 2. The van der Waals surface area contributed by atoms with Crippen LogP contribution in [0.5, 0.6) is 0 Å². The van der Waals surface area contributed by atoms with Gasteiger partial charge in [-0.25, -0.2) is 0 Å². The summed E-state index contributed by atoms with van der Waals surface area (Å²) in [7, 11) is 0. The topological polar surface area (TPSA) is 29.9 Å². The summed E-state index contributed by atoms with van der Waals surface area (Å²) < 4.78 is 2.01. The molecule has 0 unspecified atom stereocenters. The molecule has 0 aliphatic carbocycles. The van der Waals surface area contributed by atoms with Gasteiger partial charge in [0.05, 0.1) is 28.6 Å². The van der Waals surface area contributed by atoms with Gasteiger partial charge in [0, 0.05) is 11.6 Å². The number of rotatable bonds is 5. The lowest BCUT2D eigenvalue weighted by Crippen LogP contribution is -2.08. The standard InChI is InChI=1S/C14H17Cl2N3/c1-3-11-8-12(19(4-2)18-11)9-17-14-6-5-10(15)7-13(14)16/h5-8,17H,3-4,9H2,1-2H3. The first-order chi connectivity index (χ1) is 9.13. The third-order valence-electron chi connectivity index (χ3n) is 2.97. The van der Waals surface area contributed by atoms with Crippen LogP contribution in [-0.4, -0.2) is 9.78 Å². The molecule has 1 aromatic heterocycles. The summed E-state index contributed by atoms with van der Waals surface area (Å²) in [5.41, 5.74) is 3.15. The van der Waals surface area contributed by atoms with E-state index in [2.05, 4.69) is 30.3 Å². The Labute approximate surface area is 123 Å². The first kappa shape index (κ1) is 14.2. The third-order valence-corrected chi connectivity index (χ3v) is 3.51. The molecule has 2 rings (SSSR count). The molecule has 0 aliphatic heterocycles. The number of halogens is 2. The average molecular weight is 298 g/mol. The van der Waals surface area contributed by atoms with Gasteiger partial charge in [0.1, 0.15) is 0 Å². The molecular formula is C14H17Cl2N3. The van der Waals surface area contributed by atoms with Crippen molar-refractivity contribution in [2.24, 2.45) is 0 Å². The molecule has 0 radical (unpaired) electrons. The van der Waals surface area contributed by atoms with Gasteiger partial charge in [0.2, 0.25) is 0 Å². The fourth-order valence-electron chi connectivity index (χ4n) is 1.92. The largest absolute Gasteiger partial charge is 0.378 e. The minimum Gasteiger partial charge on any atom is -0.378 e. The van der Waals surface area contributed by atoms with Crippen LogP contribution in [0.4, 0.5) is 5.69 Å². The molecule has 1 aromatic carbocycles. The summed E-state index contributed by atoms with van der Waals surface area (Å²) in [6.45, 7) is 5.76. The van der Waals surface area contributed by atoms with Crippen LogP contribution in [0.2, 0.25) is 10.0 Å². The molecule has 102 valence electrons. The lowest BCUT2D eigenvalue weighted by molar-refractivity contribution is 0.619. The zero-order valence-electron chi connectivity index (χ0n) is 11.1. The van der Waals surface area contributed by atoms with Gasteiger partial charge >= 0.3 is 0 Å². The van der Waals surface area contributed by atoms with E-state index in [1.54, 1.807) is 6.07 Å². The fourth-order valence-corrected chi connectivity index (χ4v) is 2.40. The fraction of sp³-hybridized carbons (Fsp3) is 0.357. The number of aryl methyl sites for hydroxylation is 2. The second kappa shape index (κ2) is 6.31. The molecule has 0 saturated carbocycles. The van der Waals surface area contributed by atoms with Gasteiger partial charge in [-0.05, 0) is 37.6 Å². The summed E-state index contributed by atoms with van der Waals surface area (Å²) in [6, 6.07) is 7.57. The molecular weight excluding hydrogens is 281 g/mol. The van der Waals surface area contributed by atoms with Crippen molar-refractivity contribution < 1.29 is 0 Å². The summed E-state index contributed by atoms with van der Waals surface area (Å²) in [5.74, 6) is 0. The summed E-state index contributed by atoms with van der Waals surface area (Å²) in [6.07, 6.45) is 0.946. The molecule has 0 spiro atoms. The SMILES string of the molecule is CCc1cc(CNc2ccc(Cl)cc2Cl)n(CC)n1. The van der Waals surface area contributed by atoms with Gasteiger partial charge in [-0.3, -0.25) is 4.68 Å². The van der Waals surface area contributed by atoms with Crippen LogP contribution < -0.4 is 5.32 Å². The van der Waals surface area contributed by atoms with Crippen molar-refractivity contribution in [3.63, 3.8) is 0 Å². The molecule has 0 saturated heterocycles. The first-order valence-corrected chi connectivity index (χ1v) is 7.14. The lowest BCUT2D eigenvalue weighted by Gasteiger charge is -2.09. The van der Waals surface area contributed by atoms with E-state index < -0.39 is 0 Å². The van der Waals surface area contributed by atoms with Crippen molar-refractivity contribution >= 4 is 28.9 Å². The van der Waals surface area contributed by atoms with Gasteiger partial charge < -0.3 is 5.32 Å². The van der Waals surface area contributed by atoms with Crippen LogP contribution in [-0.2, 0) is 19.5 Å². The van der Waals surface area contributed by atoms with Crippen LogP contribution in [0.25, 0.3) is 0 Å². The van der Waals surface area contributed by atoms with E-state index in [0.717, 1.165) is 30.0 Å². The van der Waals surface area contributed by atoms with Crippen LogP contribution >= 0.6 is 23.2 Å². The van der Waals surface area contributed by atoms with E-state index >= 15 is 0 Å². The minimum absolute atomic E-state index is 0.630. The quantitative estimate of drug-likeness (QED) is 0.887. The van der Waals surface area contributed by atoms with Crippen molar-refractivity contribution in [1.29, 1.82) is 0 Å². The molecule has 0 atom stereocenters. The zero-order valence-corrected chi connectivity index (χ0v) is 12.6. The highest BCUT2D eigenvalue weighted by Gasteiger charge is 2.06. The van der Waals surface area contributed by atoms with E-state index in [-0.39, 0.29) is 0 Å². The van der Waals surface area contributed by atoms with Crippen molar-refractivity contribution in [2.75, 3.05) is 5.32 Å². The Hall–Kier alpha value is -1.19. The number of benzene rings is 1. The number of hydrogen-bond acceptors (Lipinski definition) is 2. The van der Waals surface area contributed by atoms with Crippen molar-refractivity contribution in [3.8, 4) is 0 Å². The molecule has 0 bridgehead atoms. The molecule has 2 aromatic rings. The Morgan fingerprint density at radius 3 is 2.63 bits per heavy atom. The molecule has 19 heavy (non-hydrogen) atoms. The first-order valence-electron chi connectivity index (χ1n) is 6.38. The summed E-state index contributed by atoms with van der Waals surface area (Å²) in [4.78, 5) is 0. The highest BCUT2D eigenvalue weighted by Crippen LogP contribution is 2.25. The normalized spacial score (nSPS) is 10.7. The molecule has 0 aliphatic rings. The number of anilines is 1. The molecule has 0 amide bonds. The van der Waals surface area contributed by atoms with Crippen LogP contribution in [0.3, 0.4) is 0 Å². The highest BCUT2D eigenvalue weighted by molar-refractivity contribution is 6.36. The maximum Gasteiger partial charge on any atom is 0.0652 e. The second-order valence-corrected chi connectivity index (χ2v) is 5.12. The van der Waals surface area contributed by atoms with E-state index in [4.69, 9.17) is 23.2 Å². The Bertz CT molecular complexity index is 564. The van der Waals surface area contributed by atoms with Crippen LogP contribution in [0.15, 0.2) is 24.3 Å². The van der Waals surface area contributed by atoms with Crippen molar-refractivity contribution in [3.05, 3.63) is 45.7 Å².